The van der Waals surface area contributed by atoms with Gasteiger partial charge in [-0.15, -0.1) is 0 Å². The van der Waals surface area contributed by atoms with E-state index < -0.39 is 0 Å². The first-order valence-corrected chi connectivity index (χ1v) is 6.81. The van der Waals surface area contributed by atoms with Crippen molar-refractivity contribution < 1.29 is 9.53 Å². The predicted octanol–water partition coefficient (Wildman–Crippen LogP) is 5.15. The molecule has 0 aliphatic rings. The van der Waals surface area contributed by atoms with E-state index in [1.54, 1.807) is 24.3 Å². The molecule has 0 aliphatic carbocycles. The lowest BCUT2D eigenvalue weighted by molar-refractivity contribution is 0.101. The third-order valence-electron chi connectivity index (χ3n) is 2.33. The number of aromatic nitrogens is 1. The Hall–Kier alpha value is -1.10. The first-order valence-electron chi connectivity index (χ1n) is 5.27. The first kappa shape index (κ1) is 14.3. The summed E-state index contributed by atoms with van der Waals surface area (Å²) in [4.78, 5) is 15.3. The van der Waals surface area contributed by atoms with Gasteiger partial charge in [-0.1, -0.05) is 23.2 Å². The largest absolute Gasteiger partial charge is 0.437 e. The minimum absolute atomic E-state index is 0.0628. The van der Waals surface area contributed by atoms with Crippen LogP contribution in [0.1, 0.15) is 17.3 Å². The molecule has 1 aromatic carbocycles. The van der Waals surface area contributed by atoms with Gasteiger partial charge in [-0.3, -0.25) is 4.79 Å². The van der Waals surface area contributed by atoms with Crippen LogP contribution in [0, 0.1) is 0 Å². The summed E-state index contributed by atoms with van der Waals surface area (Å²) in [6.45, 7) is 1.47. The summed E-state index contributed by atoms with van der Waals surface area (Å²) in [6, 6.07) is 6.38. The molecule has 0 spiro atoms. The highest BCUT2D eigenvalue weighted by Crippen LogP contribution is 2.36. The Morgan fingerprint density at radius 2 is 2.00 bits per heavy atom. The Bertz CT molecular complexity index is 647. The number of nitrogens with zero attached hydrogens (tertiary/aromatic N) is 1. The van der Waals surface area contributed by atoms with Crippen LogP contribution in [0.25, 0.3) is 0 Å². The molecule has 6 heteroatoms. The molecule has 3 nitrogen and oxygen atoms in total. The highest BCUT2D eigenvalue weighted by molar-refractivity contribution is 9.10. The molecule has 98 valence electrons. The van der Waals surface area contributed by atoms with Crippen LogP contribution < -0.4 is 4.74 Å². The van der Waals surface area contributed by atoms with Crippen LogP contribution in [-0.4, -0.2) is 10.8 Å². The SMILES string of the molecule is CC(=O)c1ccnc(Oc2cc(Cl)c(Br)cc2Cl)c1. The number of benzene rings is 1. The molecule has 0 fully saturated rings. The molecular weight excluding hydrogens is 353 g/mol. The van der Waals surface area contributed by atoms with Crippen molar-refractivity contribution in [3.8, 4) is 11.6 Å². The second kappa shape index (κ2) is 5.90. The second-order valence-electron chi connectivity index (χ2n) is 3.74. The standard InChI is InChI=1S/C13H8BrCl2NO2/c1-7(18)8-2-3-17-13(4-8)19-12-6-10(15)9(14)5-11(12)16/h2-6H,1H3. The summed E-state index contributed by atoms with van der Waals surface area (Å²) in [5.41, 5.74) is 0.518. The summed E-state index contributed by atoms with van der Waals surface area (Å²) in [5, 5.41) is 0.869. The minimum atomic E-state index is -0.0628. The molecule has 0 aliphatic heterocycles. The molecule has 0 saturated heterocycles. The Labute approximate surface area is 128 Å². The molecule has 0 bridgehead atoms. The molecule has 19 heavy (non-hydrogen) atoms. The molecule has 1 heterocycles. The number of Topliss-reactive ketones (excluding diaryl/α,β-unsaturated/α-hetero) is 1. The van der Waals surface area contributed by atoms with Crippen molar-refractivity contribution in [1.29, 1.82) is 0 Å². The highest BCUT2D eigenvalue weighted by atomic mass is 79.9. The Kier molecular flexibility index (Phi) is 4.45. The number of hydrogen-bond donors (Lipinski definition) is 0. The maximum absolute atomic E-state index is 11.3. The fourth-order valence-electron chi connectivity index (χ4n) is 1.38. The van der Waals surface area contributed by atoms with E-state index in [1.165, 1.54) is 13.1 Å². The van der Waals surface area contributed by atoms with Crippen molar-refractivity contribution >= 4 is 44.9 Å². The van der Waals surface area contributed by atoms with Crippen molar-refractivity contribution in [2.75, 3.05) is 0 Å². The lowest BCUT2D eigenvalue weighted by Gasteiger charge is -2.08. The monoisotopic (exact) mass is 359 g/mol. The Morgan fingerprint density at radius 3 is 2.68 bits per heavy atom. The molecular formula is C13H8BrCl2NO2. The van der Waals surface area contributed by atoms with E-state index in [-0.39, 0.29) is 11.7 Å². The van der Waals surface area contributed by atoms with E-state index in [0.717, 1.165) is 0 Å². The number of hydrogen-bond acceptors (Lipinski definition) is 3. The average molecular weight is 361 g/mol. The fraction of sp³-hybridized carbons (Fsp3) is 0.0769. The number of carbonyl (C=O) groups is 1. The van der Waals surface area contributed by atoms with Crippen LogP contribution >= 0.6 is 39.1 Å². The van der Waals surface area contributed by atoms with Gasteiger partial charge in [-0.25, -0.2) is 4.98 Å². The van der Waals surface area contributed by atoms with Crippen LogP contribution in [-0.2, 0) is 0 Å². The normalized spacial score (nSPS) is 10.3. The number of rotatable bonds is 3. The van der Waals surface area contributed by atoms with Crippen LogP contribution in [0.15, 0.2) is 34.9 Å². The van der Waals surface area contributed by atoms with Crippen LogP contribution in [0.2, 0.25) is 10.0 Å². The Morgan fingerprint density at radius 1 is 1.26 bits per heavy atom. The molecule has 0 unspecified atom stereocenters. The number of ketones is 1. The molecule has 0 amide bonds. The highest BCUT2D eigenvalue weighted by Gasteiger charge is 2.09. The van der Waals surface area contributed by atoms with E-state index in [2.05, 4.69) is 20.9 Å². The van der Waals surface area contributed by atoms with Gasteiger partial charge in [0.1, 0.15) is 5.75 Å². The van der Waals surface area contributed by atoms with Gasteiger partial charge in [0.2, 0.25) is 5.88 Å². The molecule has 2 rings (SSSR count). The lowest BCUT2D eigenvalue weighted by atomic mass is 10.2. The maximum Gasteiger partial charge on any atom is 0.219 e. The molecule has 2 aromatic rings. The topological polar surface area (TPSA) is 39.2 Å². The summed E-state index contributed by atoms with van der Waals surface area (Å²) >= 11 is 15.3. The third-order valence-corrected chi connectivity index (χ3v) is 3.82. The zero-order valence-corrected chi connectivity index (χ0v) is 12.9. The number of halogens is 3. The van der Waals surface area contributed by atoms with E-state index in [0.29, 0.717) is 25.8 Å². The fourth-order valence-corrected chi connectivity index (χ4v) is 2.21. The Balaban J connectivity index is 2.33. The smallest absolute Gasteiger partial charge is 0.219 e. The summed E-state index contributed by atoms with van der Waals surface area (Å²) in [6.07, 6.45) is 1.50. The first-order chi connectivity index (χ1) is 8.97. The predicted molar refractivity (Wildman–Crippen MR) is 78.5 cm³/mol. The number of ether oxygens (including phenoxy) is 1. The van der Waals surface area contributed by atoms with Gasteiger partial charge < -0.3 is 4.74 Å². The van der Waals surface area contributed by atoms with Gasteiger partial charge in [0.15, 0.2) is 5.78 Å². The van der Waals surface area contributed by atoms with E-state index >= 15 is 0 Å². The van der Waals surface area contributed by atoms with Crippen molar-refractivity contribution in [1.82, 2.24) is 4.98 Å². The van der Waals surface area contributed by atoms with E-state index in [4.69, 9.17) is 27.9 Å². The zero-order chi connectivity index (χ0) is 14.0. The minimum Gasteiger partial charge on any atom is -0.437 e. The van der Waals surface area contributed by atoms with Crippen molar-refractivity contribution in [2.24, 2.45) is 0 Å². The molecule has 1 aromatic heterocycles. The number of carbonyl (C=O) groups excluding carboxylic acids is 1. The van der Waals surface area contributed by atoms with Crippen molar-refractivity contribution in [3.05, 3.63) is 50.5 Å². The number of pyridine rings is 1. The van der Waals surface area contributed by atoms with Gasteiger partial charge in [-0.05, 0) is 35.0 Å². The third kappa shape index (κ3) is 3.47. The van der Waals surface area contributed by atoms with Crippen molar-refractivity contribution in [2.45, 2.75) is 6.92 Å². The summed E-state index contributed by atoms with van der Waals surface area (Å²) in [7, 11) is 0. The van der Waals surface area contributed by atoms with E-state index in [1.807, 2.05) is 0 Å². The second-order valence-corrected chi connectivity index (χ2v) is 5.41. The van der Waals surface area contributed by atoms with Gasteiger partial charge in [0, 0.05) is 28.4 Å². The zero-order valence-electron chi connectivity index (χ0n) is 9.78. The lowest BCUT2D eigenvalue weighted by Crippen LogP contribution is -1.95. The molecule has 0 saturated carbocycles. The van der Waals surface area contributed by atoms with Crippen molar-refractivity contribution in [3.63, 3.8) is 0 Å². The molecule has 0 atom stereocenters. The van der Waals surface area contributed by atoms with E-state index in [9.17, 15) is 4.79 Å². The average Bonchev–Trinajstić information content (AvgIpc) is 2.36. The summed E-state index contributed by atoms with van der Waals surface area (Å²) in [5.74, 6) is 0.600. The maximum atomic E-state index is 11.3. The van der Waals surface area contributed by atoms with Gasteiger partial charge in [-0.2, -0.15) is 0 Å². The molecule has 0 N–H and O–H groups in total. The van der Waals surface area contributed by atoms with Crippen LogP contribution in [0.4, 0.5) is 0 Å². The molecule has 0 radical (unpaired) electrons. The summed E-state index contributed by atoms with van der Waals surface area (Å²) < 4.78 is 6.21. The van der Waals surface area contributed by atoms with Gasteiger partial charge >= 0.3 is 0 Å². The van der Waals surface area contributed by atoms with Crippen LogP contribution in [0.3, 0.4) is 0 Å². The van der Waals surface area contributed by atoms with Gasteiger partial charge in [0.25, 0.3) is 0 Å². The van der Waals surface area contributed by atoms with Crippen LogP contribution in [0.5, 0.6) is 11.6 Å². The van der Waals surface area contributed by atoms with Gasteiger partial charge in [0.05, 0.1) is 10.0 Å². The quantitative estimate of drug-likeness (QED) is 0.561.